The molecule has 1 amide bonds. The van der Waals surface area contributed by atoms with Crippen LogP contribution in [0.5, 0.6) is 17.2 Å². The zero-order valence-electron chi connectivity index (χ0n) is 10.5. The van der Waals surface area contributed by atoms with Crippen LogP contribution in [0.2, 0.25) is 5.02 Å². The maximum atomic E-state index is 13.6. The van der Waals surface area contributed by atoms with Gasteiger partial charge in [0.05, 0.1) is 10.7 Å². The van der Waals surface area contributed by atoms with Crippen LogP contribution < -0.4 is 14.8 Å². The van der Waals surface area contributed by atoms with Gasteiger partial charge >= 0.3 is 0 Å². The molecule has 21 heavy (non-hydrogen) atoms. The molecule has 0 atom stereocenters. The first-order chi connectivity index (χ1) is 10.0. The molecule has 0 bridgehead atoms. The number of benzene rings is 2. The number of hydrogen-bond acceptors (Lipinski definition) is 4. The number of fused-ring (bicyclic) bond motifs is 1. The summed E-state index contributed by atoms with van der Waals surface area (Å²) in [6.07, 6.45) is 0. The fourth-order valence-electron chi connectivity index (χ4n) is 1.86. The van der Waals surface area contributed by atoms with Crippen LogP contribution in [0.15, 0.2) is 30.3 Å². The monoisotopic (exact) mass is 309 g/mol. The van der Waals surface area contributed by atoms with Crippen molar-refractivity contribution in [2.45, 2.75) is 0 Å². The van der Waals surface area contributed by atoms with Crippen molar-refractivity contribution in [3.8, 4) is 17.2 Å². The number of hydrogen-bond donors (Lipinski definition) is 2. The number of anilines is 1. The molecule has 1 aliphatic heterocycles. The summed E-state index contributed by atoms with van der Waals surface area (Å²) in [5.74, 6) is -0.715. The Bertz CT molecular complexity index is 735. The van der Waals surface area contributed by atoms with Gasteiger partial charge in [0.2, 0.25) is 6.79 Å². The summed E-state index contributed by atoms with van der Waals surface area (Å²) < 4.78 is 24.0. The average molecular weight is 310 g/mol. The Kier molecular flexibility index (Phi) is 3.31. The minimum atomic E-state index is -0.786. The van der Waals surface area contributed by atoms with Gasteiger partial charge in [-0.3, -0.25) is 4.79 Å². The van der Waals surface area contributed by atoms with Crippen molar-refractivity contribution < 1.29 is 23.8 Å². The van der Waals surface area contributed by atoms with Gasteiger partial charge < -0.3 is 19.9 Å². The lowest BCUT2D eigenvalue weighted by Crippen LogP contribution is -2.13. The summed E-state index contributed by atoms with van der Waals surface area (Å²) >= 11 is 5.69. The van der Waals surface area contributed by atoms with Gasteiger partial charge in [-0.2, -0.15) is 0 Å². The summed E-state index contributed by atoms with van der Waals surface area (Å²) in [6, 6.07) is 6.59. The number of amides is 1. The third-order valence-corrected chi connectivity index (χ3v) is 3.22. The predicted octanol–water partition coefficient (Wildman–Crippen LogP) is 3.17. The Morgan fingerprint density at radius 1 is 1.24 bits per heavy atom. The van der Waals surface area contributed by atoms with Gasteiger partial charge in [-0.1, -0.05) is 11.6 Å². The van der Waals surface area contributed by atoms with Crippen molar-refractivity contribution in [3.05, 3.63) is 46.7 Å². The number of phenols is 1. The lowest BCUT2D eigenvalue weighted by Gasteiger charge is -2.08. The molecule has 2 aromatic carbocycles. The van der Waals surface area contributed by atoms with Crippen LogP contribution >= 0.6 is 11.6 Å². The Labute approximate surface area is 123 Å². The number of ether oxygens (including phenoxy) is 2. The number of carbonyl (C=O) groups is 1. The standard InChI is InChI=1S/C14H9ClFNO4/c15-8-4-10(9(16)5-11(8)18)17-14(19)7-1-2-12-13(3-7)21-6-20-12/h1-5,18H,6H2,(H,17,19). The molecule has 1 aliphatic rings. The van der Waals surface area contributed by atoms with Crippen molar-refractivity contribution >= 4 is 23.2 Å². The molecule has 3 rings (SSSR count). The zero-order valence-corrected chi connectivity index (χ0v) is 11.3. The van der Waals surface area contributed by atoms with Crippen LogP contribution in [0.1, 0.15) is 10.4 Å². The van der Waals surface area contributed by atoms with E-state index in [4.69, 9.17) is 21.1 Å². The van der Waals surface area contributed by atoms with Crippen LogP contribution in [0.3, 0.4) is 0 Å². The molecule has 0 spiro atoms. The third kappa shape index (κ3) is 2.57. The predicted molar refractivity (Wildman–Crippen MR) is 73.6 cm³/mol. The van der Waals surface area contributed by atoms with Crippen LogP contribution in [0.4, 0.5) is 10.1 Å². The van der Waals surface area contributed by atoms with E-state index < -0.39 is 17.5 Å². The molecule has 2 aromatic rings. The van der Waals surface area contributed by atoms with Gasteiger partial charge in [0.1, 0.15) is 5.75 Å². The summed E-state index contributed by atoms with van der Waals surface area (Å²) in [5, 5.41) is 11.6. The van der Waals surface area contributed by atoms with Gasteiger partial charge in [-0.25, -0.2) is 4.39 Å². The molecule has 0 fully saturated rings. The second-order valence-corrected chi connectivity index (χ2v) is 4.71. The minimum absolute atomic E-state index is 0.0580. The number of aromatic hydroxyl groups is 1. The summed E-state index contributed by atoms with van der Waals surface area (Å²) in [4.78, 5) is 12.1. The van der Waals surface area contributed by atoms with Crippen LogP contribution in [0, 0.1) is 5.82 Å². The molecule has 7 heteroatoms. The third-order valence-electron chi connectivity index (χ3n) is 2.92. The fourth-order valence-corrected chi connectivity index (χ4v) is 2.03. The first-order valence-electron chi connectivity index (χ1n) is 5.93. The molecule has 0 saturated carbocycles. The lowest BCUT2D eigenvalue weighted by atomic mass is 10.2. The van der Waals surface area contributed by atoms with Crippen LogP contribution in [-0.4, -0.2) is 17.8 Å². The molecule has 0 aliphatic carbocycles. The topological polar surface area (TPSA) is 67.8 Å². The highest BCUT2D eigenvalue weighted by Crippen LogP contribution is 2.33. The first kappa shape index (κ1) is 13.5. The van der Waals surface area contributed by atoms with E-state index in [0.717, 1.165) is 12.1 Å². The second kappa shape index (κ2) is 5.14. The quantitative estimate of drug-likeness (QED) is 0.836. The van der Waals surface area contributed by atoms with Gasteiger partial charge in [-0.05, 0) is 24.3 Å². The van der Waals surface area contributed by atoms with Crippen molar-refractivity contribution in [1.29, 1.82) is 0 Å². The van der Waals surface area contributed by atoms with E-state index in [-0.39, 0.29) is 23.1 Å². The highest BCUT2D eigenvalue weighted by molar-refractivity contribution is 6.32. The summed E-state index contributed by atoms with van der Waals surface area (Å²) in [6.45, 7) is 0.0998. The molecule has 0 unspecified atom stereocenters. The molecule has 2 N–H and O–H groups in total. The Morgan fingerprint density at radius 2 is 2.00 bits per heavy atom. The van der Waals surface area contributed by atoms with E-state index in [2.05, 4.69) is 5.32 Å². The van der Waals surface area contributed by atoms with Crippen molar-refractivity contribution in [2.24, 2.45) is 0 Å². The summed E-state index contributed by atoms with van der Waals surface area (Å²) in [5.41, 5.74) is 0.156. The van der Waals surface area contributed by atoms with E-state index in [1.165, 1.54) is 12.1 Å². The molecular weight excluding hydrogens is 301 g/mol. The highest BCUT2D eigenvalue weighted by Gasteiger charge is 2.17. The number of nitrogens with one attached hydrogen (secondary N) is 1. The SMILES string of the molecule is O=C(Nc1cc(Cl)c(O)cc1F)c1ccc2c(c1)OCO2. The van der Waals surface area contributed by atoms with E-state index in [1.54, 1.807) is 6.07 Å². The maximum Gasteiger partial charge on any atom is 0.255 e. The maximum absolute atomic E-state index is 13.6. The molecule has 5 nitrogen and oxygen atoms in total. The highest BCUT2D eigenvalue weighted by atomic mass is 35.5. The van der Waals surface area contributed by atoms with Gasteiger partial charge in [0, 0.05) is 11.6 Å². The number of phenolic OH excluding ortho intramolecular Hbond substituents is 1. The van der Waals surface area contributed by atoms with E-state index in [1.807, 2.05) is 0 Å². The molecule has 108 valence electrons. The van der Waals surface area contributed by atoms with Crippen molar-refractivity contribution in [2.75, 3.05) is 12.1 Å². The average Bonchev–Trinajstić information content (AvgIpc) is 2.92. The van der Waals surface area contributed by atoms with E-state index >= 15 is 0 Å². The number of carbonyl (C=O) groups excluding carboxylic acids is 1. The molecular formula is C14H9ClFNO4. The van der Waals surface area contributed by atoms with Crippen LogP contribution in [-0.2, 0) is 0 Å². The van der Waals surface area contributed by atoms with Gasteiger partial charge in [-0.15, -0.1) is 0 Å². The van der Waals surface area contributed by atoms with Gasteiger partial charge in [0.15, 0.2) is 17.3 Å². The molecule has 0 radical (unpaired) electrons. The molecule has 0 saturated heterocycles. The number of rotatable bonds is 2. The van der Waals surface area contributed by atoms with Crippen molar-refractivity contribution in [1.82, 2.24) is 0 Å². The van der Waals surface area contributed by atoms with Gasteiger partial charge in [0.25, 0.3) is 5.91 Å². The van der Waals surface area contributed by atoms with E-state index in [9.17, 15) is 14.3 Å². The first-order valence-corrected chi connectivity index (χ1v) is 6.31. The summed E-state index contributed by atoms with van der Waals surface area (Å²) in [7, 11) is 0. The normalized spacial score (nSPS) is 12.3. The Hall–Kier alpha value is -2.47. The van der Waals surface area contributed by atoms with Crippen LogP contribution in [0.25, 0.3) is 0 Å². The molecule has 1 heterocycles. The van der Waals surface area contributed by atoms with E-state index in [0.29, 0.717) is 11.5 Å². The second-order valence-electron chi connectivity index (χ2n) is 4.31. The lowest BCUT2D eigenvalue weighted by molar-refractivity contribution is 0.102. The molecule has 0 aromatic heterocycles. The Morgan fingerprint density at radius 3 is 2.81 bits per heavy atom. The fraction of sp³-hybridized carbons (Fsp3) is 0.0714. The van der Waals surface area contributed by atoms with Crippen molar-refractivity contribution in [3.63, 3.8) is 0 Å². The minimum Gasteiger partial charge on any atom is -0.506 e. The Balaban J connectivity index is 1.85. The smallest absolute Gasteiger partial charge is 0.255 e. The number of halogens is 2. The zero-order chi connectivity index (χ0) is 15.0. The largest absolute Gasteiger partial charge is 0.506 e.